The number of ether oxygens (including phenoxy) is 1. The first-order valence-electron chi connectivity index (χ1n) is 5.61. The van der Waals surface area contributed by atoms with Gasteiger partial charge in [-0.2, -0.15) is 0 Å². The van der Waals surface area contributed by atoms with Crippen LogP contribution in [0.4, 0.5) is 0 Å². The molecule has 2 unspecified atom stereocenters. The summed E-state index contributed by atoms with van der Waals surface area (Å²) < 4.78 is 7.83. The van der Waals surface area contributed by atoms with Gasteiger partial charge in [0.05, 0.1) is 18.4 Å². The Hall–Kier alpha value is -0.910. The zero-order chi connectivity index (χ0) is 11.0. The molecule has 0 aliphatic heterocycles. The first-order valence-corrected chi connectivity index (χ1v) is 6.49. The topological polar surface area (TPSA) is 52.5 Å². The van der Waals surface area contributed by atoms with Crippen LogP contribution in [0.5, 0.6) is 0 Å². The van der Waals surface area contributed by atoms with Crippen LogP contribution >= 0.6 is 11.3 Å². The van der Waals surface area contributed by atoms with E-state index in [0.717, 1.165) is 23.5 Å². The van der Waals surface area contributed by atoms with Crippen molar-refractivity contribution in [2.75, 3.05) is 0 Å². The lowest BCUT2D eigenvalue weighted by atomic mass is 10.2. The summed E-state index contributed by atoms with van der Waals surface area (Å²) >= 11 is 1.64. The summed E-state index contributed by atoms with van der Waals surface area (Å²) in [6.07, 6.45) is 7.61. The third-order valence-electron chi connectivity index (χ3n) is 3.09. The maximum atomic E-state index is 5.95. The molecule has 4 nitrogen and oxygen atoms in total. The highest BCUT2D eigenvalue weighted by atomic mass is 32.1. The van der Waals surface area contributed by atoms with E-state index in [1.807, 2.05) is 22.2 Å². The summed E-state index contributed by atoms with van der Waals surface area (Å²) in [5.41, 5.74) is 6.94. The number of hydrogen-bond acceptors (Lipinski definition) is 4. The molecule has 1 fully saturated rings. The number of hydrogen-bond donors (Lipinski definition) is 1. The van der Waals surface area contributed by atoms with Crippen LogP contribution < -0.4 is 5.73 Å². The smallest absolute Gasteiger partial charge is 0.193 e. The fourth-order valence-electron chi connectivity index (χ4n) is 2.20. The predicted molar refractivity (Wildman–Crippen MR) is 63.5 cm³/mol. The normalized spacial score (nSPS) is 25.6. The van der Waals surface area contributed by atoms with Gasteiger partial charge in [-0.15, -0.1) is 11.3 Å². The monoisotopic (exact) mass is 237 g/mol. The third kappa shape index (κ3) is 1.86. The van der Waals surface area contributed by atoms with Gasteiger partial charge in [0.15, 0.2) is 4.96 Å². The van der Waals surface area contributed by atoms with Gasteiger partial charge in [-0.3, -0.25) is 4.40 Å². The van der Waals surface area contributed by atoms with Crippen LogP contribution in [-0.4, -0.2) is 21.5 Å². The molecule has 5 heteroatoms. The number of nitrogens with zero attached hydrogens (tertiary/aromatic N) is 2. The van der Waals surface area contributed by atoms with Gasteiger partial charge in [-0.25, -0.2) is 4.98 Å². The number of thiazole rings is 1. The van der Waals surface area contributed by atoms with E-state index in [4.69, 9.17) is 10.5 Å². The molecule has 86 valence electrons. The Morgan fingerprint density at radius 2 is 2.50 bits per heavy atom. The average Bonchev–Trinajstić information content (AvgIpc) is 2.89. The lowest BCUT2D eigenvalue weighted by molar-refractivity contribution is 0.0341. The van der Waals surface area contributed by atoms with Gasteiger partial charge < -0.3 is 10.5 Å². The summed E-state index contributed by atoms with van der Waals surface area (Å²) in [5, 5.41) is 2.03. The van der Waals surface area contributed by atoms with Crippen LogP contribution in [0, 0.1) is 0 Å². The molecular formula is C11H15N3OS. The minimum Gasteiger partial charge on any atom is -0.370 e. The number of nitrogens with two attached hydrogens (primary N) is 1. The standard InChI is InChI=1S/C11H15N3OS/c12-9-2-1-3-10(9)15-7-8-6-14-4-5-16-11(14)13-8/h4-6,9-10H,1-3,7,12H2. The Kier molecular flexibility index (Phi) is 2.67. The van der Waals surface area contributed by atoms with E-state index in [-0.39, 0.29) is 12.1 Å². The fourth-order valence-corrected chi connectivity index (χ4v) is 2.92. The number of imidazole rings is 1. The van der Waals surface area contributed by atoms with Crippen LogP contribution in [0.25, 0.3) is 4.96 Å². The zero-order valence-electron chi connectivity index (χ0n) is 9.00. The van der Waals surface area contributed by atoms with E-state index in [0.29, 0.717) is 6.61 Å². The molecule has 0 radical (unpaired) electrons. The van der Waals surface area contributed by atoms with Crippen molar-refractivity contribution in [2.45, 2.75) is 38.0 Å². The summed E-state index contributed by atoms with van der Waals surface area (Å²) in [7, 11) is 0. The fraction of sp³-hybridized carbons (Fsp3) is 0.545. The number of fused-ring (bicyclic) bond motifs is 1. The Balaban J connectivity index is 1.64. The van der Waals surface area contributed by atoms with Crippen LogP contribution in [-0.2, 0) is 11.3 Å². The highest BCUT2D eigenvalue weighted by Gasteiger charge is 2.24. The van der Waals surface area contributed by atoms with E-state index in [1.165, 1.54) is 6.42 Å². The minimum atomic E-state index is 0.212. The van der Waals surface area contributed by atoms with Gasteiger partial charge in [0, 0.05) is 23.8 Å². The van der Waals surface area contributed by atoms with Gasteiger partial charge >= 0.3 is 0 Å². The second-order valence-electron chi connectivity index (χ2n) is 4.27. The molecular weight excluding hydrogens is 222 g/mol. The molecule has 0 amide bonds. The van der Waals surface area contributed by atoms with Crippen molar-refractivity contribution in [2.24, 2.45) is 5.73 Å². The third-order valence-corrected chi connectivity index (χ3v) is 3.86. The van der Waals surface area contributed by atoms with Gasteiger partial charge in [0.1, 0.15) is 0 Å². The maximum Gasteiger partial charge on any atom is 0.193 e. The molecule has 0 saturated heterocycles. The van der Waals surface area contributed by atoms with E-state index >= 15 is 0 Å². The Morgan fingerprint density at radius 1 is 1.56 bits per heavy atom. The molecule has 2 atom stereocenters. The molecule has 0 aromatic carbocycles. The molecule has 2 N–H and O–H groups in total. The van der Waals surface area contributed by atoms with E-state index in [9.17, 15) is 0 Å². The quantitative estimate of drug-likeness (QED) is 0.885. The summed E-state index contributed by atoms with van der Waals surface area (Å²) in [5.74, 6) is 0. The lowest BCUT2D eigenvalue weighted by Gasteiger charge is -2.15. The molecule has 0 bridgehead atoms. The van der Waals surface area contributed by atoms with E-state index < -0.39 is 0 Å². The van der Waals surface area contributed by atoms with Gasteiger partial charge in [-0.1, -0.05) is 0 Å². The van der Waals surface area contributed by atoms with Crippen LogP contribution in [0.15, 0.2) is 17.8 Å². The van der Waals surface area contributed by atoms with Crippen LogP contribution in [0.3, 0.4) is 0 Å². The second kappa shape index (κ2) is 4.16. The first kappa shape index (κ1) is 10.3. The van der Waals surface area contributed by atoms with E-state index in [1.54, 1.807) is 11.3 Å². The van der Waals surface area contributed by atoms with Crippen molar-refractivity contribution < 1.29 is 4.74 Å². The van der Waals surface area contributed by atoms with Crippen molar-refractivity contribution in [3.8, 4) is 0 Å². The molecule has 2 aromatic rings. The second-order valence-corrected chi connectivity index (χ2v) is 5.14. The molecule has 1 saturated carbocycles. The van der Waals surface area contributed by atoms with Crippen LogP contribution in [0.1, 0.15) is 25.0 Å². The summed E-state index contributed by atoms with van der Waals surface area (Å²) in [4.78, 5) is 5.50. The van der Waals surface area contributed by atoms with Crippen molar-refractivity contribution >= 4 is 16.3 Å². The summed E-state index contributed by atoms with van der Waals surface area (Å²) in [6, 6.07) is 0.212. The average molecular weight is 237 g/mol. The predicted octanol–water partition coefficient (Wildman–Crippen LogP) is 1.79. The molecule has 2 aromatic heterocycles. The van der Waals surface area contributed by atoms with Crippen molar-refractivity contribution in [1.29, 1.82) is 0 Å². The van der Waals surface area contributed by atoms with Gasteiger partial charge in [0.25, 0.3) is 0 Å². The van der Waals surface area contributed by atoms with Crippen molar-refractivity contribution in [1.82, 2.24) is 9.38 Å². The minimum absolute atomic E-state index is 0.212. The highest BCUT2D eigenvalue weighted by molar-refractivity contribution is 7.15. The molecule has 2 heterocycles. The zero-order valence-corrected chi connectivity index (χ0v) is 9.82. The Bertz CT molecular complexity index is 450. The molecule has 1 aliphatic rings. The van der Waals surface area contributed by atoms with Crippen molar-refractivity contribution in [3.05, 3.63) is 23.5 Å². The maximum absolute atomic E-state index is 5.95. The number of aromatic nitrogens is 2. The SMILES string of the molecule is NC1CCCC1OCc1cn2ccsc2n1. The van der Waals surface area contributed by atoms with Crippen molar-refractivity contribution in [3.63, 3.8) is 0 Å². The lowest BCUT2D eigenvalue weighted by Crippen LogP contribution is -2.31. The molecule has 3 rings (SSSR count). The molecule has 0 spiro atoms. The Labute approximate surface area is 98.0 Å². The molecule has 16 heavy (non-hydrogen) atoms. The molecule has 1 aliphatic carbocycles. The van der Waals surface area contributed by atoms with E-state index in [2.05, 4.69) is 4.98 Å². The first-order chi connectivity index (χ1) is 7.83. The number of rotatable bonds is 3. The van der Waals surface area contributed by atoms with Crippen LogP contribution in [0.2, 0.25) is 0 Å². The van der Waals surface area contributed by atoms with Gasteiger partial charge in [0.2, 0.25) is 0 Å². The highest BCUT2D eigenvalue weighted by Crippen LogP contribution is 2.21. The Morgan fingerprint density at radius 3 is 3.25 bits per heavy atom. The van der Waals surface area contributed by atoms with Gasteiger partial charge in [-0.05, 0) is 19.3 Å². The largest absolute Gasteiger partial charge is 0.370 e. The summed E-state index contributed by atoms with van der Waals surface area (Å²) in [6.45, 7) is 0.576.